The Morgan fingerprint density at radius 3 is 1.14 bits per heavy atom. The molecule has 4 unspecified atom stereocenters. The molecule has 0 aliphatic heterocycles. The van der Waals surface area contributed by atoms with Gasteiger partial charge in [-0.3, -0.25) is 0 Å². The largest absolute Gasteiger partial charge is 0.350 e. The predicted molar refractivity (Wildman–Crippen MR) is 151 cm³/mol. The van der Waals surface area contributed by atoms with Crippen molar-refractivity contribution in [3.05, 3.63) is 105 Å². The predicted octanol–water partition coefficient (Wildman–Crippen LogP) is 8.48. The minimum atomic E-state index is -1.42. The topological polar surface area (TPSA) is 18.5 Å². The molecular formula is C31H22Cl4O2. The van der Waals surface area contributed by atoms with E-state index in [4.69, 9.17) is 55.9 Å². The van der Waals surface area contributed by atoms with Crippen molar-refractivity contribution in [3.8, 4) is 0 Å². The van der Waals surface area contributed by atoms with Crippen LogP contribution in [-0.4, -0.2) is 29.8 Å². The van der Waals surface area contributed by atoms with Crippen molar-refractivity contribution in [2.45, 2.75) is 27.4 Å². The van der Waals surface area contributed by atoms with Gasteiger partial charge in [0.2, 0.25) is 5.79 Å². The molecule has 0 N–H and O–H groups in total. The second-order valence-corrected chi connectivity index (χ2v) is 12.7. The molecule has 37 heavy (non-hydrogen) atoms. The first-order valence-corrected chi connectivity index (χ1v) is 13.9. The lowest BCUT2D eigenvalue weighted by molar-refractivity contribution is -0.220. The fourth-order valence-electron chi connectivity index (χ4n) is 8.39. The van der Waals surface area contributed by atoms with Crippen LogP contribution in [0.3, 0.4) is 0 Å². The highest BCUT2D eigenvalue weighted by Crippen LogP contribution is 2.81. The van der Waals surface area contributed by atoms with E-state index in [1.165, 1.54) is 43.8 Å². The molecule has 0 aromatic heterocycles. The molecule has 5 aliphatic rings. The Hall–Kier alpha value is -1.78. The Balaban J connectivity index is 1.52. The van der Waals surface area contributed by atoms with Gasteiger partial charge in [0.1, 0.15) is 9.75 Å². The summed E-state index contributed by atoms with van der Waals surface area (Å²) in [7, 11) is 3.17. The maximum Gasteiger partial charge on any atom is 0.217 e. The van der Waals surface area contributed by atoms with Crippen molar-refractivity contribution in [1.82, 2.24) is 0 Å². The van der Waals surface area contributed by atoms with Crippen molar-refractivity contribution in [3.63, 3.8) is 0 Å². The molecule has 4 bridgehead atoms. The number of rotatable bonds is 2. The van der Waals surface area contributed by atoms with Crippen molar-refractivity contribution in [2.24, 2.45) is 11.8 Å². The van der Waals surface area contributed by atoms with E-state index in [1.54, 1.807) is 14.2 Å². The Morgan fingerprint density at radius 2 is 0.865 bits per heavy atom. The smallest absolute Gasteiger partial charge is 0.217 e. The second-order valence-electron chi connectivity index (χ2n) is 10.7. The molecule has 4 aromatic rings. The number of hydrogen-bond acceptors (Lipinski definition) is 2. The zero-order chi connectivity index (χ0) is 25.5. The molecule has 5 aliphatic carbocycles. The SMILES string of the molecule is COC1(OC)C2(Cl)C(Cl)=C(Cl)C1(Cl)C1C3c4cc5ccccc5cc4C(c4cc5ccccc5cc43)C12. The Morgan fingerprint density at radius 1 is 0.568 bits per heavy atom. The average Bonchev–Trinajstić information content (AvgIpc) is 3.19. The summed E-state index contributed by atoms with van der Waals surface area (Å²) < 4.78 is 12.3. The lowest BCUT2D eigenvalue weighted by Gasteiger charge is -2.54. The molecule has 4 aromatic carbocycles. The molecule has 2 nitrogen and oxygen atoms in total. The van der Waals surface area contributed by atoms with E-state index in [2.05, 4.69) is 72.8 Å². The van der Waals surface area contributed by atoms with Crippen LogP contribution in [0, 0.1) is 11.8 Å². The first kappa shape index (κ1) is 23.1. The van der Waals surface area contributed by atoms with E-state index in [1.807, 2.05) is 0 Å². The van der Waals surface area contributed by atoms with Gasteiger partial charge < -0.3 is 9.47 Å². The van der Waals surface area contributed by atoms with Gasteiger partial charge in [0.25, 0.3) is 0 Å². The average molecular weight is 568 g/mol. The van der Waals surface area contributed by atoms with E-state index >= 15 is 0 Å². The number of benzene rings is 4. The fourth-order valence-corrected chi connectivity index (χ4v) is 10.7. The summed E-state index contributed by atoms with van der Waals surface area (Å²) in [6.45, 7) is 0. The van der Waals surface area contributed by atoms with Gasteiger partial charge in [0.15, 0.2) is 0 Å². The van der Waals surface area contributed by atoms with Gasteiger partial charge >= 0.3 is 0 Å². The van der Waals surface area contributed by atoms with Crippen molar-refractivity contribution in [2.75, 3.05) is 14.2 Å². The van der Waals surface area contributed by atoms with Crippen molar-refractivity contribution >= 4 is 67.9 Å². The summed E-state index contributed by atoms with van der Waals surface area (Å²) in [4.78, 5) is -2.51. The van der Waals surface area contributed by atoms with Gasteiger partial charge in [0, 0.05) is 37.9 Å². The van der Waals surface area contributed by atoms with Crippen LogP contribution in [0.15, 0.2) is 82.9 Å². The van der Waals surface area contributed by atoms with Crippen LogP contribution < -0.4 is 0 Å². The lowest BCUT2D eigenvalue weighted by atomic mass is 9.51. The van der Waals surface area contributed by atoms with E-state index in [-0.39, 0.29) is 23.7 Å². The van der Waals surface area contributed by atoms with Gasteiger partial charge in [-0.1, -0.05) is 96.0 Å². The Kier molecular flexibility index (Phi) is 4.53. The third-order valence-electron chi connectivity index (χ3n) is 9.63. The number of hydrogen-bond donors (Lipinski definition) is 0. The molecule has 1 fully saturated rings. The third-order valence-corrected chi connectivity index (χ3v) is 12.3. The molecule has 0 heterocycles. The zero-order valence-corrected chi connectivity index (χ0v) is 23.1. The highest BCUT2D eigenvalue weighted by molar-refractivity contribution is 6.52. The fraction of sp³-hybridized carbons (Fsp3) is 0.290. The minimum absolute atomic E-state index is 0.0597. The molecule has 4 atom stereocenters. The van der Waals surface area contributed by atoms with Gasteiger partial charge in [-0.05, 0) is 43.8 Å². The van der Waals surface area contributed by atoms with Crippen LogP contribution in [0.25, 0.3) is 21.5 Å². The first-order chi connectivity index (χ1) is 17.8. The summed E-state index contributed by atoms with van der Waals surface area (Å²) in [5.74, 6) is -1.92. The third kappa shape index (κ3) is 2.30. The summed E-state index contributed by atoms with van der Waals surface area (Å²) in [6, 6.07) is 26.3. The van der Waals surface area contributed by atoms with E-state index in [0.717, 1.165) is 0 Å². The summed E-state index contributed by atoms with van der Waals surface area (Å²) >= 11 is 29.4. The number of halogens is 4. The summed E-state index contributed by atoms with van der Waals surface area (Å²) in [5.41, 5.74) is 5.06. The Bertz CT molecular complexity index is 1500. The van der Waals surface area contributed by atoms with Crippen molar-refractivity contribution in [1.29, 1.82) is 0 Å². The van der Waals surface area contributed by atoms with Crippen LogP contribution in [0.4, 0.5) is 0 Å². The molecule has 1 saturated carbocycles. The quantitative estimate of drug-likeness (QED) is 0.179. The summed E-state index contributed by atoms with van der Waals surface area (Å²) in [5, 5.41) is 5.45. The first-order valence-electron chi connectivity index (χ1n) is 12.4. The zero-order valence-electron chi connectivity index (χ0n) is 20.1. The normalized spacial score (nSPS) is 34.2. The molecule has 186 valence electrons. The lowest BCUT2D eigenvalue weighted by Crippen LogP contribution is -2.57. The van der Waals surface area contributed by atoms with Crippen molar-refractivity contribution < 1.29 is 9.47 Å². The van der Waals surface area contributed by atoms with Crippen LogP contribution >= 0.6 is 46.4 Å². The minimum Gasteiger partial charge on any atom is -0.350 e. The number of methoxy groups -OCH3 is 2. The summed E-state index contributed by atoms with van der Waals surface area (Å²) in [6.07, 6.45) is 0. The second kappa shape index (κ2) is 7.24. The highest BCUT2D eigenvalue weighted by Gasteiger charge is 2.87. The molecule has 0 saturated heterocycles. The molecular weight excluding hydrogens is 546 g/mol. The molecule has 9 rings (SSSR count). The Labute approximate surface area is 235 Å². The van der Waals surface area contributed by atoms with Gasteiger partial charge in [0.05, 0.1) is 10.1 Å². The van der Waals surface area contributed by atoms with Gasteiger partial charge in [-0.25, -0.2) is 0 Å². The van der Waals surface area contributed by atoms with Crippen LogP contribution in [-0.2, 0) is 9.47 Å². The molecule has 0 amide bonds. The van der Waals surface area contributed by atoms with E-state index in [9.17, 15) is 0 Å². The highest BCUT2D eigenvalue weighted by atomic mass is 35.5. The van der Waals surface area contributed by atoms with Crippen LogP contribution in [0.2, 0.25) is 0 Å². The number of alkyl halides is 2. The van der Waals surface area contributed by atoms with Crippen LogP contribution in [0.5, 0.6) is 0 Å². The number of ether oxygens (including phenoxy) is 2. The maximum absolute atomic E-state index is 7.68. The molecule has 0 spiro atoms. The van der Waals surface area contributed by atoms with Crippen LogP contribution in [0.1, 0.15) is 34.1 Å². The monoisotopic (exact) mass is 566 g/mol. The molecule has 6 heteroatoms. The number of fused-ring (bicyclic) bond motifs is 4. The maximum atomic E-state index is 7.68. The van der Waals surface area contributed by atoms with Gasteiger partial charge in [-0.2, -0.15) is 0 Å². The standard InChI is InChI=1S/C31H22Cl4O2/c1-36-31(37-2)29(34)25-23-19-11-15-7-3-4-8-16(15)12-20(19)24(26(25)30(31,35)28(33)27(29)32)22-14-18-10-6-5-9-17(18)13-21(22)23/h3-14,23-26H,1-2H3. The van der Waals surface area contributed by atoms with Gasteiger partial charge in [-0.15, -0.1) is 23.2 Å². The van der Waals surface area contributed by atoms with E-state index in [0.29, 0.717) is 10.1 Å². The van der Waals surface area contributed by atoms with E-state index < -0.39 is 15.5 Å². The molecule has 0 radical (unpaired) electrons.